The van der Waals surface area contributed by atoms with Crippen molar-refractivity contribution >= 4 is 60.5 Å². The topological polar surface area (TPSA) is 16.4 Å². The summed E-state index contributed by atoms with van der Waals surface area (Å²) in [4.78, 5) is 2.34. The van der Waals surface area contributed by atoms with Crippen LogP contribution in [0.5, 0.6) is 0 Å². The normalized spacial score (nSPS) is 11.4. The molecule has 1 aromatic heterocycles. The minimum absolute atomic E-state index is 0.864. The summed E-state index contributed by atoms with van der Waals surface area (Å²) in [5, 5.41) is 7.25. The van der Waals surface area contributed by atoms with Crippen molar-refractivity contribution < 1.29 is 4.42 Å². The maximum Gasteiger partial charge on any atom is 0.137 e. The molecule has 2 nitrogen and oxygen atoms in total. The molecule has 0 spiro atoms. The number of nitrogens with zero attached hydrogens (tertiary/aromatic N) is 1. The Balaban J connectivity index is 0.892. The van der Waals surface area contributed by atoms with Crippen LogP contribution >= 0.6 is 0 Å². The first-order valence-corrected chi connectivity index (χ1v) is 21.9. The largest absolute Gasteiger partial charge is 0.456 e. The number of furan rings is 1. The van der Waals surface area contributed by atoms with Crippen LogP contribution in [0.3, 0.4) is 0 Å². The number of hydrogen-bond acceptors (Lipinski definition) is 2. The summed E-state index contributed by atoms with van der Waals surface area (Å²) in [6.07, 6.45) is 0. The minimum atomic E-state index is 0.864. The highest BCUT2D eigenvalue weighted by Gasteiger charge is 2.17. The predicted molar refractivity (Wildman–Crippen MR) is 271 cm³/mol. The summed E-state index contributed by atoms with van der Waals surface area (Å²) in [6, 6.07) is 89.7. The number of hydrogen-bond donors (Lipinski definition) is 0. The first-order chi connectivity index (χ1) is 31.7. The zero-order valence-corrected chi connectivity index (χ0v) is 35.0. The lowest BCUT2D eigenvalue weighted by Gasteiger charge is -2.26. The van der Waals surface area contributed by atoms with Crippen LogP contribution in [0, 0.1) is 0 Å². The van der Waals surface area contributed by atoms with Crippen molar-refractivity contribution in [3.63, 3.8) is 0 Å². The highest BCUT2D eigenvalue weighted by molar-refractivity contribution is 6.06. The van der Waals surface area contributed by atoms with Crippen LogP contribution in [0.4, 0.5) is 17.1 Å². The van der Waals surface area contributed by atoms with Gasteiger partial charge in [0.25, 0.3) is 0 Å². The summed E-state index contributed by atoms with van der Waals surface area (Å²) in [5.74, 6) is 0. The van der Waals surface area contributed by atoms with Crippen molar-refractivity contribution in [3.8, 4) is 55.6 Å². The summed E-state index contributed by atoms with van der Waals surface area (Å²) < 4.78 is 6.43. The Labute approximate surface area is 372 Å². The Morgan fingerprint density at radius 1 is 0.234 bits per heavy atom. The monoisotopic (exact) mass is 815 g/mol. The van der Waals surface area contributed by atoms with E-state index in [2.05, 4.69) is 241 Å². The molecule has 0 aliphatic heterocycles. The zero-order chi connectivity index (χ0) is 42.4. The van der Waals surface area contributed by atoms with Crippen molar-refractivity contribution in [2.45, 2.75) is 0 Å². The van der Waals surface area contributed by atoms with Crippen molar-refractivity contribution in [3.05, 3.63) is 249 Å². The molecule has 0 unspecified atom stereocenters. The second kappa shape index (κ2) is 15.8. The van der Waals surface area contributed by atoms with Crippen LogP contribution in [-0.2, 0) is 0 Å². The zero-order valence-electron chi connectivity index (χ0n) is 35.0. The van der Waals surface area contributed by atoms with Crippen LogP contribution < -0.4 is 4.90 Å². The lowest BCUT2D eigenvalue weighted by molar-refractivity contribution is 0.669. The summed E-state index contributed by atoms with van der Waals surface area (Å²) in [7, 11) is 0. The van der Waals surface area contributed by atoms with Crippen molar-refractivity contribution in [2.24, 2.45) is 0 Å². The lowest BCUT2D eigenvalue weighted by atomic mass is 9.94. The number of benzene rings is 11. The molecular weight excluding hydrogens is 775 g/mol. The third-order valence-electron chi connectivity index (χ3n) is 12.7. The second-order valence-corrected chi connectivity index (χ2v) is 16.5. The molecule has 0 N–H and O–H groups in total. The summed E-state index contributed by atoms with van der Waals surface area (Å²) in [5.41, 5.74) is 16.8. The SMILES string of the molecule is c1cc(-c2ccc(-c3cccc4ccccc34)cc2)cc(-c2cccc(-c3cccc(N(c4ccc(-c5cccc6ccccc56)cc4)c4ccc5c(c4)oc4ccccc45)c3)c2)c1. The average Bonchev–Trinajstić information content (AvgIpc) is 3.75. The van der Waals surface area contributed by atoms with Gasteiger partial charge in [0.05, 0.1) is 0 Å². The fourth-order valence-corrected chi connectivity index (χ4v) is 9.47. The smallest absolute Gasteiger partial charge is 0.137 e. The Morgan fingerprint density at radius 3 is 1.28 bits per heavy atom. The molecule has 1 heterocycles. The lowest BCUT2D eigenvalue weighted by Crippen LogP contribution is -2.10. The van der Waals surface area contributed by atoms with Gasteiger partial charge in [0.2, 0.25) is 0 Å². The van der Waals surface area contributed by atoms with Gasteiger partial charge in [-0.3, -0.25) is 0 Å². The van der Waals surface area contributed by atoms with Crippen LogP contribution in [-0.4, -0.2) is 0 Å². The molecule has 0 aliphatic rings. The number of rotatable bonds is 8. The van der Waals surface area contributed by atoms with E-state index in [1.807, 2.05) is 12.1 Å². The Kier molecular flexibility index (Phi) is 9.20. The maximum absolute atomic E-state index is 6.43. The van der Waals surface area contributed by atoms with Gasteiger partial charge in [-0.1, -0.05) is 188 Å². The molecule has 0 saturated heterocycles. The molecule has 0 atom stereocenters. The third-order valence-corrected chi connectivity index (χ3v) is 12.7. The molecule has 0 radical (unpaired) electrons. The number of anilines is 3. The van der Waals surface area contributed by atoms with E-state index in [0.717, 1.165) is 50.1 Å². The third kappa shape index (κ3) is 6.79. The van der Waals surface area contributed by atoms with Crippen LogP contribution in [0.1, 0.15) is 0 Å². The molecule has 2 heteroatoms. The van der Waals surface area contributed by atoms with E-state index in [4.69, 9.17) is 4.42 Å². The van der Waals surface area contributed by atoms with E-state index < -0.39 is 0 Å². The summed E-state index contributed by atoms with van der Waals surface area (Å²) >= 11 is 0. The minimum Gasteiger partial charge on any atom is -0.456 e. The first-order valence-electron chi connectivity index (χ1n) is 21.9. The molecule has 0 saturated carbocycles. The quantitative estimate of drug-likeness (QED) is 0.152. The average molecular weight is 816 g/mol. The number of fused-ring (bicyclic) bond motifs is 5. The number of para-hydroxylation sites is 1. The highest BCUT2D eigenvalue weighted by Crippen LogP contribution is 2.41. The van der Waals surface area contributed by atoms with E-state index in [9.17, 15) is 0 Å². The van der Waals surface area contributed by atoms with Crippen LogP contribution in [0.2, 0.25) is 0 Å². The van der Waals surface area contributed by atoms with Crippen molar-refractivity contribution in [1.29, 1.82) is 0 Å². The van der Waals surface area contributed by atoms with Crippen molar-refractivity contribution in [2.75, 3.05) is 4.90 Å². The molecule has 11 aromatic carbocycles. The summed E-state index contributed by atoms with van der Waals surface area (Å²) in [6.45, 7) is 0. The van der Waals surface area contributed by atoms with E-state index in [1.54, 1.807) is 0 Å². The van der Waals surface area contributed by atoms with Gasteiger partial charge in [-0.15, -0.1) is 0 Å². The fraction of sp³-hybridized carbons (Fsp3) is 0. The molecule has 300 valence electrons. The molecular formula is C62H41NO. The van der Waals surface area contributed by atoms with E-state index in [-0.39, 0.29) is 0 Å². The Bertz CT molecular complexity index is 3660. The van der Waals surface area contributed by atoms with E-state index >= 15 is 0 Å². The van der Waals surface area contributed by atoms with Gasteiger partial charge in [0, 0.05) is 33.9 Å². The molecule has 12 aromatic rings. The Hall–Kier alpha value is -8.46. The van der Waals surface area contributed by atoms with Crippen molar-refractivity contribution in [1.82, 2.24) is 0 Å². The molecule has 0 fully saturated rings. The van der Waals surface area contributed by atoms with E-state index in [1.165, 1.54) is 66.1 Å². The molecule has 64 heavy (non-hydrogen) atoms. The van der Waals surface area contributed by atoms with Gasteiger partial charge in [-0.2, -0.15) is 0 Å². The Morgan fingerprint density at radius 2 is 0.656 bits per heavy atom. The molecule has 0 aliphatic carbocycles. The van der Waals surface area contributed by atoms with Gasteiger partial charge in [-0.05, 0) is 132 Å². The molecule has 0 bridgehead atoms. The van der Waals surface area contributed by atoms with Crippen LogP contribution in [0.15, 0.2) is 253 Å². The maximum atomic E-state index is 6.43. The van der Waals surface area contributed by atoms with Gasteiger partial charge in [0.1, 0.15) is 11.2 Å². The molecule has 12 rings (SSSR count). The predicted octanol–water partition coefficient (Wildman–Crippen LogP) is 17.7. The van der Waals surface area contributed by atoms with Gasteiger partial charge in [-0.25, -0.2) is 0 Å². The van der Waals surface area contributed by atoms with Gasteiger partial charge < -0.3 is 9.32 Å². The highest BCUT2D eigenvalue weighted by atomic mass is 16.3. The van der Waals surface area contributed by atoms with Crippen LogP contribution in [0.25, 0.3) is 99.1 Å². The standard InChI is InChI=1S/C62H41NO/c1-3-22-55-43(12-1)14-10-25-57(55)45-30-28-42(29-31-45)47-16-7-17-48(38-47)49-18-8-19-50(39-49)51-20-9-21-53(40-51)63(54-36-37-60-59-24-5-6-27-61(59)64-62(60)41-54)52-34-32-46(33-35-52)58-26-11-15-44-13-2-4-23-56(44)58/h1-41H. The molecule has 0 amide bonds. The van der Waals surface area contributed by atoms with Gasteiger partial charge >= 0.3 is 0 Å². The first kappa shape index (κ1) is 37.3. The van der Waals surface area contributed by atoms with Gasteiger partial charge in [0.15, 0.2) is 0 Å². The fourth-order valence-electron chi connectivity index (χ4n) is 9.47. The second-order valence-electron chi connectivity index (χ2n) is 16.5. The van der Waals surface area contributed by atoms with E-state index in [0.29, 0.717) is 0 Å².